The first kappa shape index (κ1) is 16.5. The van der Waals surface area contributed by atoms with Gasteiger partial charge in [-0.05, 0) is 12.1 Å². The van der Waals surface area contributed by atoms with Crippen LogP contribution in [0.5, 0.6) is 0 Å². The van der Waals surface area contributed by atoms with Crippen LogP contribution in [0.3, 0.4) is 0 Å². The first-order valence-corrected chi connectivity index (χ1v) is 6.70. The molecule has 23 heavy (non-hydrogen) atoms. The van der Waals surface area contributed by atoms with Crippen molar-refractivity contribution in [3.63, 3.8) is 0 Å². The Bertz CT molecular complexity index is 830. The molecule has 0 bridgehead atoms. The zero-order valence-electron chi connectivity index (χ0n) is 12.6. The highest BCUT2D eigenvalue weighted by molar-refractivity contribution is 6.03. The van der Waals surface area contributed by atoms with Crippen LogP contribution in [0.1, 0.15) is 11.6 Å². The Morgan fingerprint density at radius 2 is 2.22 bits per heavy atom. The second kappa shape index (κ2) is 6.95. The number of aromatic nitrogens is 2. The van der Waals surface area contributed by atoms with Crippen molar-refractivity contribution >= 4 is 28.6 Å². The van der Waals surface area contributed by atoms with Crippen molar-refractivity contribution in [2.24, 2.45) is 15.7 Å². The summed E-state index contributed by atoms with van der Waals surface area (Å²) in [6, 6.07) is 2.54. The molecule has 2 heterocycles. The molecule has 0 radical (unpaired) electrons. The van der Waals surface area contributed by atoms with E-state index < -0.39 is 11.4 Å². The van der Waals surface area contributed by atoms with Gasteiger partial charge in [0.05, 0.1) is 30.5 Å². The molecule has 1 unspecified atom stereocenters. The van der Waals surface area contributed by atoms with Gasteiger partial charge < -0.3 is 11.1 Å². The van der Waals surface area contributed by atoms with Crippen LogP contribution in [0.2, 0.25) is 0 Å². The van der Waals surface area contributed by atoms with Gasteiger partial charge in [-0.15, -0.1) is 0 Å². The van der Waals surface area contributed by atoms with Crippen LogP contribution in [-0.2, 0) is 0 Å². The second-order valence-electron chi connectivity index (χ2n) is 4.61. The highest BCUT2D eigenvalue weighted by atomic mass is 19.1. The average molecular weight is 322 g/mol. The lowest BCUT2D eigenvalue weighted by atomic mass is 9.94. The van der Waals surface area contributed by atoms with E-state index in [2.05, 4.69) is 25.5 Å². The van der Waals surface area contributed by atoms with Crippen LogP contribution in [0, 0.1) is 5.82 Å². The lowest BCUT2D eigenvalue weighted by Gasteiger charge is -2.25. The third kappa shape index (κ3) is 2.89. The van der Waals surface area contributed by atoms with E-state index in [0.29, 0.717) is 36.3 Å². The zero-order valence-corrected chi connectivity index (χ0v) is 12.6. The Labute approximate surface area is 130 Å². The summed E-state index contributed by atoms with van der Waals surface area (Å²) in [7, 11) is 2.10. The molecule has 3 rings (SSSR count). The van der Waals surface area contributed by atoms with Gasteiger partial charge in [-0.3, -0.25) is 14.2 Å². The average Bonchev–Trinajstić information content (AvgIpc) is 2.57. The lowest BCUT2D eigenvalue weighted by molar-refractivity contribution is 0.629. The molecule has 2 aromatic rings. The molecule has 0 saturated carbocycles. The van der Waals surface area contributed by atoms with Gasteiger partial charge in [-0.2, -0.15) is 5.10 Å². The summed E-state index contributed by atoms with van der Waals surface area (Å²) in [5.41, 5.74) is 6.04. The molecule has 7 nitrogen and oxygen atoms in total. The predicted octanol–water partition coefficient (Wildman–Crippen LogP) is 1.17. The molecular formula is C14H16F2N6O. The van der Waals surface area contributed by atoms with Crippen LogP contribution in [0.15, 0.2) is 26.9 Å². The second-order valence-corrected chi connectivity index (χ2v) is 4.61. The van der Waals surface area contributed by atoms with E-state index in [-0.39, 0.29) is 11.3 Å². The van der Waals surface area contributed by atoms with Gasteiger partial charge in [-0.25, -0.2) is 14.5 Å². The molecule has 9 heteroatoms. The minimum Gasteiger partial charge on any atom is -0.390 e. The van der Waals surface area contributed by atoms with Crippen molar-refractivity contribution in [2.75, 3.05) is 26.1 Å². The molecule has 0 amide bonds. The van der Waals surface area contributed by atoms with E-state index in [1.54, 1.807) is 7.05 Å². The highest BCUT2D eigenvalue weighted by Crippen LogP contribution is 2.34. The topological polar surface area (TPSA) is 109 Å². The molecular weight excluding hydrogens is 306 g/mol. The molecule has 1 aromatic heterocycles. The minimum absolute atomic E-state index is 0.249. The number of amidine groups is 1. The smallest absolute Gasteiger partial charge is 0.272 e. The lowest BCUT2D eigenvalue weighted by Crippen LogP contribution is -2.28. The number of anilines is 1. The monoisotopic (exact) mass is 322 g/mol. The van der Waals surface area contributed by atoms with Gasteiger partial charge in [-0.1, -0.05) is 0 Å². The van der Waals surface area contributed by atoms with Gasteiger partial charge >= 0.3 is 0 Å². The molecule has 4 N–H and O–H groups in total. The Morgan fingerprint density at radius 1 is 1.48 bits per heavy atom. The summed E-state index contributed by atoms with van der Waals surface area (Å²) in [6.07, 6.45) is 1.16. The van der Waals surface area contributed by atoms with E-state index in [4.69, 9.17) is 5.73 Å². The molecule has 122 valence electrons. The number of aromatic amines is 1. The number of hydrogen-bond donors (Lipinski definition) is 3. The molecule has 0 saturated heterocycles. The minimum atomic E-state index is -0.476. The number of H-pyrrole nitrogens is 1. The van der Waals surface area contributed by atoms with Crippen LogP contribution in [0.25, 0.3) is 10.8 Å². The van der Waals surface area contributed by atoms with E-state index >= 15 is 0 Å². The number of alkyl halides is 1. The fraction of sp³-hybridized carbons (Fsp3) is 0.286. The number of rotatable bonds is 1. The van der Waals surface area contributed by atoms with Crippen molar-refractivity contribution in [2.45, 2.75) is 5.92 Å². The quantitative estimate of drug-likeness (QED) is 0.541. The third-order valence-electron chi connectivity index (χ3n) is 3.46. The number of hydrogen-bond acceptors (Lipinski definition) is 4. The summed E-state index contributed by atoms with van der Waals surface area (Å²) < 4.78 is 23.1. The summed E-state index contributed by atoms with van der Waals surface area (Å²) in [5.74, 6) is -0.261. The van der Waals surface area contributed by atoms with Gasteiger partial charge in [0.15, 0.2) is 0 Å². The van der Waals surface area contributed by atoms with Gasteiger partial charge in [0.25, 0.3) is 5.56 Å². The number of aliphatic imine (C=N–C) groups is 2. The molecule has 0 fully saturated rings. The molecule has 1 aromatic carbocycles. The standard InChI is InChI=1S/C13H13FN6O.CH3F/c1-16-12(18-5-15)8-4-17-9-3-6(14)2-7-10(9)11(8)19-20-13(7)21;1-2/h2-3,5,8,17H,4H2,1H3,(H,20,21)(H2,15,16,18);1H3. The molecule has 0 spiro atoms. The molecule has 1 aliphatic rings. The summed E-state index contributed by atoms with van der Waals surface area (Å²) in [4.78, 5) is 20.0. The zero-order chi connectivity index (χ0) is 17.0. The van der Waals surface area contributed by atoms with E-state index in [1.165, 1.54) is 12.1 Å². The number of nitrogens with one attached hydrogen (secondary N) is 2. The highest BCUT2D eigenvalue weighted by Gasteiger charge is 2.28. The largest absolute Gasteiger partial charge is 0.390 e. The van der Waals surface area contributed by atoms with Crippen molar-refractivity contribution in [1.82, 2.24) is 10.2 Å². The van der Waals surface area contributed by atoms with Crippen molar-refractivity contribution < 1.29 is 8.78 Å². The van der Waals surface area contributed by atoms with Crippen LogP contribution in [0.4, 0.5) is 14.5 Å². The fourth-order valence-electron chi connectivity index (χ4n) is 2.58. The first-order valence-electron chi connectivity index (χ1n) is 6.70. The van der Waals surface area contributed by atoms with Crippen LogP contribution < -0.4 is 16.6 Å². The van der Waals surface area contributed by atoms with Crippen molar-refractivity contribution in [3.05, 3.63) is 34.0 Å². The summed E-state index contributed by atoms with van der Waals surface area (Å²) in [5, 5.41) is 10.4. The van der Waals surface area contributed by atoms with E-state index in [0.717, 1.165) is 6.34 Å². The molecule has 1 atom stereocenters. The summed E-state index contributed by atoms with van der Waals surface area (Å²) in [6.45, 7) is 0.439. The van der Waals surface area contributed by atoms with Crippen LogP contribution in [-0.4, -0.2) is 43.1 Å². The Kier molecular flexibility index (Phi) is 4.99. The number of nitrogens with two attached hydrogens (primary N) is 1. The molecule has 0 aliphatic carbocycles. The fourth-order valence-corrected chi connectivity index (χ4v) is 2.58. The van der Waals surface area contributed by atoms with Gasteiger partial charge in [0, 0.05) is 24.7 Å². The van der Waals surface area contributed by atoms with Crippen LogP contribution >= 0.6 is 0 Å². The maximum atomic E-state index is 13.6. The number of halogens is 2. The summed E-state index contributed by atoms with van der Waals surface area (Å²) >= 11 is 0. The van der Waals surface area contributed by atoms with E-state index in [1.807, 2.05) is 0 Å². The normalized spacial score (nSPS) is 16.9. The van der Waals surface area contributed by atoms with Gasteiger partial charge in [0.2, 0.25) is 0 Å². The Morgan fingerprint density at radius 3 is 2.87 bits per heavy atom. The maximum Gasteiger partial charge on any atom is 0.272 e. The van der Waals surface area contributed by atoms with Gasteiger partial charge in [0.1, 0.15) is 11.7 Å². The third-order valence-corrected chi connectivity index (χ3v) is 3.46. The Hall–Kier alpha value is -2.84. The van der Waals surface area contributed by atoms with Crippen molar-refractivity contribution in [3.8, 4) is 0 Å². The maximum absolute atomic E-state index is 13.6. The SMILES string of the molecule is CF.CN=C(N=CN)C1CNc2cc(F)cc3c(=O)[nH]nc1c23. The number of nitrogens with zero attached hydrogens (tertiary/aromatic N) is 3. The molecule has 1 aliphatic heterocycles. The predicted molar refractivity (Wildman–Crippen MR) is 86.6 cm³/mol. The van der Waals surface area contributed by atoms with Crippen molar-refractivity contribution in [1.29, 1.82) is 0 Å². The van der Waals surface area contributed by atoms with E-state index in [9.17, 15) is 13.6 Å². The number of benzene rings is 1. The first-order chi connectivity index (χ1) is 11.2. The Balaban J connectivity index is 0.000000924.